The number of H-pyrrole nitrogens is 1. The Hall–Kier alpha value is -2.36. The maximum atomic E-state index is 4.87. The number of aromatic amines is 1. The number of aromatic nitrogens is 4. The van der Waals surface area contributed by atoms with Crippen LogP contribution in [0, 0.1) is 12.8 Å². The summed E-state index contributed by atoms with van der Waals surface area (Å²) in [5, 5.41) is 12.9. The molecule has 1 aromatic carbocycles. The second-order valence-corrected chi connectivity index (χ2v) is 7.65. The van der Waals surface area contributed by atoms with Crippen molar-refractivity contribution in [2.75, 3.05) is 0 Å². The van der Waals surface area contributed by atoms with E-state index in [2.05, 4.69) is 51.0 Å². The summed E-state index contributed by atoms with van der Waals surface area (Å²) in [6.45, 7) is 9.02. The van der Waals surface area contributed by atoms with E-state index in [1.54, 1.807) is 0 Å². The first-order chi connectivity index (χ1) is 12.1. The lowest BCUT2D eigenvalue weighted by atomic mass is 9.75. The van der Waals surface area contributed by atoms with Crippen molar-refractivity contribution in [1.29, 1.82) is 0 Å². The summed E-state index contributed by atoms with van der Waals surface area (Å²) in [4.78, 5) is 0. The third-order valence-electron chi connectivity index (χ3n) is 5.54. The molecule has 2 aromatic heterocycles. The van der Waals surface area contributed by atoms with Gasteiger partial charge in [0.2, 0.25) is 0 Å². The van der Waals surface area contributed by atoms with E-state index < -0.39 is 0 Å². The standard InChI is InChI=1S/C21H26N4/c1-13(2)17-11-10-14(3)19-20(17)22-23-21(19)18-12-15(4)25(24-18)16-8-6-5-7-9-16/h5-9,12-14,17H,10-11H2,1-4H3,(H,22,23)/t14-,17+/m1/s1. The summed E-state index contributed by atoms with van der Waals surface area (Å²) in [6, 6.07) is 12.4. The van der Waals surface area contributed by atoms with Crippen molar-refractivity contribution in [1.82, 2.24) is 20.0 Å². The lowest BCUT2D eigenvalue weighted by Crippen LogP contribution is -2.16. The van der Waals surface area contributed by atoms with Gasteiger partial charge in [-0.1, -0.05) is 39.0 Å². The molecule has 0 saturated carbocycles. The van der Waals surface area contributed by atoms with Crippen molar-refractivity contribution in [2.45, 2.75) is 52.4 Å². The van der Waals surface area contributed by atoms with Gasteiger partial charge in [0.15, 0.2) is 0 Å². The Kier molecular flexibility index (Phi) is 3.98. The van der Waals surface area contributed by atoms with Crippen LogP contribution in [0.25, 0.3) is 17.1 Å². The van der Waals surface area contributed by atoms with Crippen molar-refractivity contribution in [2.24, 2.45) is 5.92 Å². The number of benzene rings is 1. The zero-order valence-corrected chi connectivity index (χ0v) is 15.5. The smallest absolute Gasteiger partial charge is 0.116 e. The monoisotopic (exact) mass is 334 g/mol. The van der Waals surface area contributed by atoms with Gasteiger partial charge < -0.3 is 0 Å². The van der Waals surface area contributed by atoms with Crippen LogP contribution >= 0.6 is 0 Å². The molecule has 1 aliphatic carbocycles. The molecule has 1 aliphatic rings. The van der Waals surface area contributed by atoms with E-state index in [4.69, 9.17) is 10.2 Å². The summed E-state index contributed by atoms with van der Waals surface area (Å²) in [7, 11) is 0. The molecule has 0 amide bonds. The molecule has 0 saturated heterocycles. The van der Waals surface area contributed by atoms with Gasteiger partial charge in [-0.25, -0.2) is 4.68 Å². The fourth-order valence-corrected chi connectivity index (χ4v) is 4.15. The highest BCUT2D eigenvalue weighted by Crippen LogP contribution is 2.44. The molecule has 3 aromatic rings. The van der Waals surface area contributed by atoms with Gasteiger partial charge in [0.1, 0.15) is 11.4 Å². The average Bonchev–Trinajstić information content (AvgIpc) is 3.20. The van der Waals surface area contributed by atoms with Crippen molar-refractivity contribution in [3.8, 4) is 17.1 Å². The van der Waals surface area contributed by atoms with Crippen molar-refractivity contribution >= 4 is 0 Å². The average molecular weight is 334 g/mol. The normalized spacial score (nSPS) is 20.0. The fourth-order valence-electron chi connectivity index (χ4n) is 4.15. The highest BCUT2D eigenvalue weighted by Gasteiger charge is 2.32. The van der Waals surface area contributed by atoms with Crippen LogP contribution in [0.15, 0.2) is 36.4 Å². The zero-order valence-electron chi connectivity index (χ0n) is 15.5. The van der Waals surface area contributed by atoms with Gasteiger partial charge in [0, 0.05) is 22.9 Å². The SMILES string of the molecule is Cc1cc(-c2n[nH]c3c2[C@H](C)CC[C@H]3C(C)C)nn1-c1ccccc1. The molecule has 2 heterocycles. The Bertz CT molecular complexity index is 873. The lowest BCUT2D eigenvalue weighted by Gasteiger charge is -2.29. The molecule has 0 aliphatic heterocycles. The molecule has 1 N–H and O–H groups in total. The fraction of sp³-hybridized carbons (Fsp3) is 0.429. The van der Waals surface area contributed by atoms with Crippen LogP contribution in [0.1, 0.15) is 62.4 Å². The van der Waals surface area contributed by atoms with Crippen LogP contribution in [0.4, 0.5) is 0 Å². The molecule has 0 bridgehead atoms. The van der Waals surface area contributed by atoms with Gasteiger partial charge in [-0.3, -0.25) is 5.10 Å². The van der Waals surface area contributed by atoms with Crippen LogP contribution in [0.5, 0.6) is 0 Å². The highest BCUT2D eigenvalue weighted by atomic mass is 15.3. The molecule has 25 heavy (non-hydrogen) atoms. The number of hydrogen-bond donors (Lipinski definition) is 1. The van der Waals surface area contributed by atoms with Crippen molar-refractivity contribution in [3.63, 3.8) is 0 Å². The number of rotatable bonds is 3. The predicted molar refractivity (Wildman–Crippen MR) is 101 cm³/mol. The van der Waals surface area contributed by atoms with Crippen LogP contribution in [-0.4, -0.2) is 20.0 Å². The highest BCUT2D eigenvalue weighted by molar-refractivity contribution is 5.63. The number of para-hydroxylation sites is 1. The Labute approximate surface area is 149 Å². The number of nitrogens with zero attached hydrogens (tertiary/aromatic N) is 3. The summed E-state index contributed by atoms with van der Waals surface area (Å²) in [5.41, 5.74) is 6.92. The van der Waals surface area contributed by atoms with E-state index in [0.29, 0.717) is 17.8 Å². The molecule has 130 valence electrons. The van der Waals surface area contributed by atoms with Crippen molar-refractivity contribution < 1.29 is 0 Å². The van der Waals surface area contributed by atoms with Gasteiger partial charge in [-0.15, -0.1) is 0 Å². The molecule has 0 radical (unpaired) electrons. The molecule has 0 fully saturated rings. The first-order valence-corrected chi connectivity index (χ1v) is 9.27. The largest absolute Gasteiger partial charge is 0.281 e. The third-order valence-corrected chi connectivity index (χ3v) is 5.54. The summed E-state index contributed by atoms with van der Waals surface area (Å²) in [6.07, 6.45) is 2.46. The van der Waals surface area contributed by atoms with E-state index in [1.165, 1.54) is 24.1 Å². The molecule has 4 nitrogen and oxygen atoms in total. The molecular weight excluding hydrogens is 308 g/mol. The van der Waals surface area contributed by atoms with Crippen LogP contribution in [0.3, 0.4) is 0 Å². The molecule has 0 unspecified atom stereocenters. The van der Waals surface area contributed by atoms with E-state index in [1.807, 2.05) is 22.9 Å². The van der Waals surface area contributed by atoms with Gasteiger partial charge >= 0.3 is 0 Å². The van der Waals surface area contributed by atoms with Gasteiger partial charge in [-0.2, -0.15) is 10.2 Å². The number of fused-ring (bicyclic) bond motifs is 1. The Morgan fingerprint density at radius 2 is 1.92 bits per heavy atom. The zero-order chi connectivity index (χ0) is 17.6. The second-order valence-electron chi connectivity index (χ2n) is 7.65. The van der Waals surface area contributed by atoms with Crippen molar-refractivity contribution in [3.05, 3.63) is 53.3 Å². The molecule has 2 atom stereocenters. The summed E-state index contributed by atoms with van der Waals surface area (Å²) >= 11 is 0. The molecule has 4 heteroatoms. The maximum absolute atomic E-state index is 4.87. The summed E-state index contributed by atoms with van der Waals surface area (Å²) in [5.74, 6) is 1.73. The van der Waals surface area contributed by atoms with E-state index in [9.17, 15) is 0 Å². The lowest BCUT2D eigenvalue weighted by molar-refractivity contribution is 0.403. The summed E-state index contributed by atoms with van der Waals surface area (Å²) < 4.78 is 2.00. The van der Waals surface area contributed by atoms with Crippen LogP contribution in [-0.2, 0) is 0 Å². The third kappa shape index (κ3) is 2.70. The first kappa shape index (κ1) is 16.1. The second kappa shape index (κ2) is 6.17. The van der Waals surface area contributed by atoms with Gasteiger partial charge in [0.05, 0.1) is 5.69 Å². The predicted octanol–water partition coefficient (Wildman–Crippen LogP) is 5.21. The quantitative estimate of drug-likeness (QED) is 0.715. The number of aryl methyl sites for hydroxylation is 1. The Morgan fingerprint density at radius 1 is 1.16 bits per heavy atom. The Balaban J connectivity index is 1.80. The van der Waals surface area contributed by atoms with Gasteiger partial charge in [-0.05, 0) is 49.8 Å². The minimum absolute atomic E-state index is 0.529. The minimum Gasteiger partial charge on any atom is -0.281 e. The molecular formula is C21H26N4. The number of nitrogens with one attached hydrogen (secondary N) is 1. The molecule has 4 rings (SSSR count). The maximum Gasteiger partial charge on any atom is 0.116 e. The van der Waals surface area contributed by atoms with E-state index in [-0.39, 0.29) is 0 Å². The van der Waals surface area contributed by atoms with E-state index >= 15 is 0 Å². The topological polar surface area (TPSA) is 46.5 Å². The minimum atomic E-state index is 0.529. The van der Waals surface area contributed by atoms with E-state index in [0.717, 1.165) is 22.8 Å². The van der Waals surface area contributed by atoms with Crippen LogP contribution < -0.4 is 0 Å². The first-order valence-electron chi connectivity index (χ1n) is 9.27. The Morgan fingerprint density at radius 3 is 2.64 bits per heavy atom. The molecule has 0 spiro atoms. The van der Waals surface area contributed by atoms with Gasteiger partial charge in [0.25, 0.3) is 0 Å². The van der Waals surface area contributed by atoms with Crippen LogP contribution in [0.2, 0.25) is 0 Å². The number of hydrogen-bond acceptors (Lipinski definition) is 2.